The number of likely N-dealkylation sites (tertiary alicyclic amines) is 1. The van der Waals surface area contributed by atoms with Crippen molar-refractivity contribution in [2.24, 2.45) is 5.92 Å². The van der Waals surface area contributed by atoms with E-state index >= 15 is 0 Å². The number of rotatable bonds is 5. The minimum absolute atomic E-state index is 0.143. The number of ether oxygens (including phenoxy) is 1. The van der Waals surface area contributed by atoms with E-state index in [1.165, 1.54) is 0 Å². The Kier molecular flexibility index (Phi) is 6.43. The van der Waals surface area contributed by atoms with Crippen LogP contribution in [0.2, 0.25) is 0 Å². The van der Waals surface area contributed by atoms with Crippen LogP contribution in [0.3, 0.4) is 0 Å². The maximum atomic E-state index is 11.5. The molecule has 1 saturated heterocycles. The average molecular weight is 258 g/mol. The molecule has 0 bridgehead atoms. The van der Waals surface area contributed by atoms with E-state index in [0.29, 0.717) is 18.6 Å². The molecule has 0 spiro atoms. The van der Waals surface area contributed by atoms with Crippen molar-refractivity contribution in [1.29, 1.82) is 0 Å². The summed E-state index contributed by atoms with van der Waals surface area (Å²) < 4.78 is 4.98. The third-order valence-corrected chi connectivity index (χ3v) is 3.47. The van der Waals surface area contributed by atoms with Crippen molar-refractivity contribution >= 4 is 6.09 Å². The maximum absolute atomic E-state index is 11.5. The number of nitrogens with one attached hydrogen (secondary N) is 1. The van der Waals surface area contributed by atoms with Gasteiger partial charge in [-0.15, -0.1) is 0 Å². The number of aliphatic hydroxyl groups excluding tert-OH is 1. The number of aliphatic hydroxyl groups is 1. The Labute approximate surface area is 109 Å². The van der Waals surface area contributed by atoms with E-state index in [-0.39, 0.29) is 18.7 Å². The van der Waals surface area contributed by atoms with Crippen LogP contribution in [0, 0.1) is 5.92 Å². The molecule has 5 nitrogen and oxygen atoms in total. The fourth-order valence-corrected chi connectivity index (χ4v) is 2.20. The summed E-state index contributed by atoms with van der Waals surface area (Å²) in [5.74, 6) is 0.415. The van der Waals surface area contributed by atoms with Crippen LogP contribution in [0.4, 0.5) is 4.79 Å². The number of carbonyl (C=O) groups excluding carboxylic acids is 1. The van der Waals surface area contributed by atoms with Crippen LogP contribution in [0.25, 0.3) is 0 Å². The van der Waals surface area contributed by atoms with E-state index in [1.807, 2.05) is 6.92 Å². The van der Waals surface area contributed by atoms with Crippen molar-refractivity contribution in [2.45, 2.75) is 45.7 Å². The first-order valence-electron chi connectivity index (χ1n) is 6.87. The third kappa shape index (κ3) is 4.46. The second kappa shape index (κ2) is 7.59. The minimum Gasteiger partial charge on any atom is -0.450 e. The summed E-state index contributed by atoms with van der Waals surface area (Å²) in [7, 11) is 0. The number of amides is 1. The van der Waals surface area contributed by atoms with Gasteiger partial charge in [0.2, 0.25) is 0 Å². The molecule has 1 aliphatic heterocycles. The molecule has 1 aliphatic rings. The number of hydrogen-bond acceptors (Lipinski definition) is 4. The lowest BCUT2D eigenvalue weighted by Crippen LogP contribution is -2.50. The fourth-order valence-electron chi connectivity index (χ4n) is 2.20. The molecular weight excluding hydrogens is 232 g/mol. The van der Waals surface area contributed by atoms with Gasteiger partial charge in [-0.1, -0.05) is 13.8 Å². The van der Waals surface area contributed by atoms with E-state index in [1.54, 1.807) is 4.90 Å². The van der Waals surface area contributed by atoms with Crippen LogP contribution >= 0.6 is 0 Å². The van der Waals surface area contributed by atoms with Crippen LogP contribution in [-0.2, 0) is 4.74 Å². The molecular formula is C13H26N2O3. The van der Waals surface area contributed by atoms with Crippen LogP contribution in [0.15, 0.2) is 0 Å². The first-order chi connectivity index (χ1) is 8.58. The molecule has 1 atom stereocenters. The molecule has 18 heavy (non-hydrogen) atoms. The SMILES string of the molecule is CCOC(=O)N1CCC(NC(CO)C(C)C)CC1. The highest BCUT2D eigenvalue weighted by molar-refractivity contribution is 5.67. The lowest BCUT2D eigenvalue weighted by atomic mass is 10.00. The molecule has 0 radical (unpaired) electrons. The van der Waals surface area contributed by atoms with Crippen molar-refractivity contribution in [3.8, 4) is 0 Å². The van der Waals surface area contributed by atoms with Crippen LogP contribution in [0.1, 0.15) is 33.6 Å². The second-order valence-electron chi connectivity index (χ2n) is 5.16. The van der Waals surface area contributed by atoms with E-state index in [9.17, 15) is 9.90 Å². The Morgan fingerprint density at radius 1 is 1.44 bits per heavy atom. The lowest BCUT2D eigenvalue weighted by molar-refractivity contribution is 0.0914. The van der Waals surface area contributed by atoms with E-state index in [2.05, 4.69) is 19.2 Å². The molecule has 0 aliphatic carbocycles. The number of nitrogens with zero attached hydrogens (tertiary/aromatic N) is 1. The number of carbonyl (C=O) groups is 1. The fraction of sp³-hybridized carbons (Fsp3) is 0.923. The molecule has 1 rings (SSSR count). The molecule has 0 aromatic carbocycles. The van der Waals surface area contributed by atoms with Gasteiger partial charge < -0.3 is 20.1 Å². The van der Waals surface area contributed by atoms with Gasteiger partial charge in [-0.2, -0.15) is 0 Å². The zero-order chi connectivity index (χ0) is 13.5. The highest BCUT2D eigenvalue weighted by atomic mass is 16.6. The molecule has 0 aromatic rings. The largest absolute Gasteiger partial charge is 0.450 e. The monoisotopic (exact) mass is 258 g/mol. The van der Waals surface area contributed by atoms with Crippen molar-refractivity contribution < 1.29 is 14.6 Å². The lowest BCUT2D eigenvalue weighted by Gasteiger charge is -2.34. The van der Waals surface area contributed by atoms with Crippen molar-refractivity contribution in [3.63, 3.8) is 0 Å². The van der Waals surface area contributed by atoms with Crippen molar-refractivity contribution in [2.75, 3.05) is 26.3 Å². The van der Waals surface area contributed by atoms with Crippen molar-refractivity contribution in [1.82, 2.24) is 10.2 Å². The molecule has 0 aromatic heterocycles. The molecule has 106 valence electrons. The standard InChI is InChI=1S/C13H26N2O3/c1-4-18-13(17)15-7-5-11(6-8-15)14-12(9-16)10(2)3/h10-12,14,16H,4-9H2,1-3H3. The first kappa shape index (κ1) is 15.2. The predicted octanol–water partition coefficient (Wildman–Crippen LogP) is 1.21. The summed E-state index contributed by atoms with van der Waals surface area (Å²) in [5, 5.41) is 12.8. The number of piperidine rings is 1. The highest BCUT2D eigenvalue weighted by Crippen LogP contribution is 2.13. The summed E-state index contributed by atoms with van der Waals surface area (Å²) in [6.45, 7) is 8.07. The minimum atomic E-state index is -0.210. The van der Waals surface area contributed by atoms with Gasteiger partial charge in [0.1, 0.15) is 0 Å². The highest BCUT2D eigenvalue weighted by Gasteiger charge is 2.25. The summed E-state index contributed by atoms with van der Waals surface area (Å²) in [5.41, 5.74) is 0. The Bertz CT molecular complexity index is 251. The van der Waals surface area contributed by atoms with Gasteiger partial charge in [0.25, 0.3) is 0 Å². The van der Waals surface area contributed by atoms with Gasteiger partial charge in [-0.3, -0.25) is 0 Å². The average Bonchev–Trinajstić information content (AvgIpc) is 2.36. The summed E-state index contributed by atoms with van der Waals surface area (Å²) in [6, 6.07) is 0.527. The van der Waals surface area contributed by atoms with Gasteiger partial charge in [-0.05, 0) is 25.7 Å². The normalized spacial score (nSPS) is 19.1. The Hall–Kier alpha value is -0.810. The molecule has 1 heterocycles. The van der Waals surface area contributed by atoms with Crippen LogP contribution in [0.5, 0.6) is 0 Å². The Morgan fingerprint density at radius 2 is 2.06 bits per heavy atom. The van der Waals surface area contributed by atoms with Gasteiger partial charge in [-0.25, -0.2) is 4.79 Å². The second-order valence-corrected chi connectivity index (χ2v) is 5.16. The Morgan fingerprint density at radius 3 is 2.50 bits per heavy atom. The summed E-state index contributed by atoms with van der Waals surface area (Å²) >= 11 is 0. The summed E-state index contributed by atoms with van der Waals surface area (Å²) in [4.78, 5) is 13.3. The van der Waals surface area contributed by atoms with Gasteiger partial charge in [0, 0.05) is 25.2 Å². The number of hydrogen-bond donors (Lipinski definition) is 2. The third-order valence-electron chi connectivity index (χ3n) is 3.47. The first-order valence-corrected chi connectivity index (χ1v) is 6.87. The van der Waals surface area contributed by atoms with Crippen molar-refractivity contribution in [3.05, 3.63) is 0 Å². The smallest absolute Gasteiger partial charge is 0.409 e. The van der Waals surface area contributed by atoms with E-state index in [4.69, 9.17) is 4.74 Å². The van der Waals surface area contributed by atoms with E-state index < -0.39 is 0 Å². The van der Waals surface area contributed by atoms with Crippen LogP contribution < -0.4 is 5.32 Å². The summed E-state index contributed by atoms with van der Waals surface area (Å²) in [6.07, 6.45) is 1.63. The van der Waals surface area contributed by atoms with Crippen LogP contribution in [-0.4, -0.2) is 54.5 Å². The zero-order valence-electron chi connectivity index (χ0n) is 11.7. The topological polar surface area (TPSA) is 61.8 Å². The zero-order valence-corrected chi connectivity index (χ0v) is 11.7. The molecule has 1 amide bonds. The Balaban J connectivity index is 2.32. The molecule has 1 fully saturated rings. The van der Waals surface area contributed by atoms with Gasteiger partial charge >= 0.3 is 6.09 Å². The quantitative estimate of drug-likeness (QED) is 0.778. The molecule has 5 heteroatoms. The molecule has 2 N–H and O–H groups in total. The molecule has 0 saturated carbocycles. The maximum Gasteiger partial charge on any atom is 0.409 e. The van der Waals surface area contributed by atoms with Gasteiger partial charge in [0.05, 0.1) is 13.2 Å². The van der Waals surface area contributed by atoms with Gasteiger partial charge in [0.15, 0.2) is 0 Å². The van der Waals surface area contributed by atoms with E-state index in [0.717, 1.165) is 25.9 Å². The predicted molar refractivity (Wildman–Crippen MR) is 70.5 cm³/mol. The molecule has 1 unspecified atom stereocenters.